The molecule has 0 spiro atoms. The van der Waals surface area contributed by atoms with Gasteiger partial charge in [0.1, 0.15) is 17.8 Å². The molecule has 148 valence electrons. The van der Waals surface area contributed by atoms with E-state index in [1.54, 1.807) is 10.7 Å². The van der Waals surface area contributed by atoms with Crippen LogP contribution in [-0.2, 0) is 13.1 Å². The monoisotopic (exact) mass is 398 g/mol. The van der Waals surface area contributed by atoms with Crippen molar-refractivity contribution in [3.63, 3.8) is 0 Å². The highest BCUT2D eigenvalue weighted by atomic mass is 16.2. The molecule has 0 aliphatic carbocycles. The average molecular weight is 398 g/mol. The number of aromatic amines is 1. The third-order valence-corrected chi connectivity index (χ3v) is 5.57. The highest BCUT2D eigenvalue weighted by Gasteiger charge is 2.24. The maximum atomic E-state index is 13.2. The second kappa shape index (κ2) is 6.24. The van der Waals surface area contributed by atoms with E-state index in [0.29, 0.717) is 18.7 Å². The fourth-order valence-corrected chi connectivity index (χ4v) is 4.09. The summed E-state index contributed by atoms with van der Waals surface area (Å²) < 4.78 is 3.85. The van der Waals surface area contributed by atoms with Crippen LogP contribution < -0.4 is 0 Å². The van der Waals surface area contributed by atoms with E-state index in [9.17, 15) is 4.79 Å². The van der Waals surface area contributed by atoms with Gasteiger partial charge in [0.15, 0.2) is 5.65 Å². The van der Waals surface area contributed by atoms with Crippen molar-refractivity contribution in [3.05, 3.63) is 66.4 Å². The van der Waals surface area contributed by atoms with Gasteiger partial charge in [-0.05, 0) is 25.1 Å². The van der Waals surface area contributed by atoms with Crippen LogP contribution in [0.1, 0.15) is 21.9 Å². The molecule has 5 aromatic heterocycles. The summed E-state index contributed by atoms with van der Waals surface area (Å²) >= 11 is 0. The molecular formula is C21H18N8O. The van der Waals surface area contributed by atoms with Crippen molar-refractivity contribution < 1.29 is 4.79 Å². The van der Waals surface area contributed by atoms with Crippen molar-refractivity contribution in [1.82, 2.24) is 39.0 Å². The quantitative estimate of drug-likeness (QED) is 0.493. The van der Waals surface area contributed by atoms with Gasteiger partial charge in [-0.15, -0.1) is 0 Å². The Morgan fingerprint density at radius 2 is 2.10 bits per heavy atom. The van der Waals surface area contributed by atoms with Gasteiger partial charge in [-0.3, -0.25) is 4.79 Å². The molecule has 0 bridgehead atoms. The smallest absolute Gasteiger partial charge is 0.255 e. The van der Waals surface area contributed by atoms with E-state index in [1.807, 2.05) is 48.6 Å². The molecule has 9 nitrogen and oxygen atoms in total. The topological polar surface area (TPSA) is 97.0 Å². The Balaban J connectivity index is 1.37. The molecule has 0 radical (unpaired) electrons. The molecule has 1 aliphatic rings. The fourth-order valence-electron chi connectivity index (χ4n) is 4.09. The minimum atomic E-state index is -0.0322. The zero-order valence-electron chi connectivity index (χ0n) is 16.3. The minimum Gasteiger partial charge on any atom is -0.346 e. The molecule has 0 saturated heterocycles. The first kappa shape index (κ1) is 16.9. The third kappa shape index (κ3) is 2.59. The zero-order valence-corrected chi connectivity index (χ0v) is 16.3. The van der Waals surface area contributed by atoms with Crippen molar-refractivity contribution >= 4 is 22.6 Å². The minimum absolute atomic E-state index is 0.0322. The lowest BCUT2D eigenvalue weighted by molar-refractivity contribution is 0.0707. The first-order valence-corrected chi connectivity index (χ1v) is 9.74. The summed E-state index contributed by atoms with van der Waals surface area (Å²) in [6, 6.07) is 5.82. The standard InChI is InChI=1S/C21H18N8O/c1-13-9-27-4-5-28(11-19(27)26-13)21(30)15-6-16-17(8-23-20(16)22-7-15)14-2-3-18-24-12-25-29(18)10-14/h2-3,6-10,12H,4-5,11H2,1H3,(H,22,23). The number of carbonyl (C=O) groups excluding carboxylic acids is 1. The fraction of sp³-hybridized carbons (Fsp3) is 0.190. The van der Waals surface area contributed by atoms with E-state index in [1.165, 1.54) is 6.33 Å². The lowest BCUT2D eigenvalue weighted by atomic mass is 10.1. The number of aryl methyl sites for hydroxylation is 1. The number of H-pyrrole nitrogens is 1. The van der Waals surface area contributed by atoms with E-state index in [2.05, 4.69) is 29.6 Å². The number of amides is 1. The van der Waals surface area contributed by atoms with Gasteiger partial charge in [0.2, 0.25) is 0 Å². The van der Waals surface area contributed by atoms with E-state index in [4.69, 9.17) is 0 Å². The summed E-state index contributed by atoms with van der Waals surface area (Å²) in [4.78, 5) is 31.4. The number of hydrogen-bond donors (Lipinski definition) is 1. The largest absolute Gasteiger partial charge is 0.346 e. The molecule has 9 heteroatoms. The first-order valence-electron chi connectivity index (χ1n) is 9.74. The highest BCUT2D eigenvalue weighted by Crippen LogP contribution is 2.29. The number of hydrogen-bond acceptors (Lipinski definition) is 5. The number of rotatable bonds is 2. The molecule has 6 rings (SSSR count). The number of aromatic nitrogens is 7. The van der Waals surface area contributed by atoms with Crippen LogP contribution in [0.3, 0.4) is 0 Å². The number of pyridine rings is 2. The molecule has 0 unspecified atom stereocenters. The lowest BCUT2D eigenvalue weighted by Crippen LogP contribution is -2.38. The number of nitrogens with one attached hydrogen (secondary N) is 1. The second-order valence-electron chi connectivity index (χ2n) is 7.52. The molecule has 0 saturated carbocycles. The zero-order chi connectivity index (χ0) is 20.2. The lowest BCUT2D eigenvalue weighted by Gasteiger charge is -2.27. The Morgan fingerprint density at radius 3 is 3.03 bits per heavy atom. The third-order valence-electron chi connectivity index (χ3n) is 5.57. The summed E-state index contributed by atoms with van der Waals surface area (Å²) in [5.41, 5.74) is 5.01. The van der Waals surface area contributed by atoms with Crippen LogP contribution in [0, 0.1) is 6.92 Å². The number of nitrogens with zero attached hydrogens (tertiary/aromatic N) is 7. The predicted octanol–water partition coefficient (Wildman–Crippen LogP) is 2.43. The molecule has 1 amide bonds. The van der Waals surface area contributed by atoms with Crippen molar-refractivity contribution in [2.45, 2.75) is 20.0 Å². The van der Waals surface area contributed by atoms with Crippen LogP contribution in [0.25, 0.3) is 27.8 Å². The molecule has 1 N–H and O–H groups in total. The SMILES string of the molecule is Cc1cn2c(n1)CN(C(=O)c1cnc3[nH]cc(-c4ccc5ncnn5c4)c3c1)CC2. The van der Waals surface area contributed by atoms with Gasteiger partial charge in [-0.1, -0.05) is 0 Å². The average Bonchev–Trinajstić information content (AvgIpc) is 3.48. The van der Waals surface area contributed by atoms with Gasteiger partial charge in [-0.25, -0.2) is 19.5 Å². The van der Waals surface area contributed by atoms with Gasteiger partial charge in [-0.2, -0.15) is 5.10 Å². The van der Waals surface area contributed by atoms with Crippen molar-refractivity contribution in [2.24, 2.45) is 0 Å². The van der Waals surface area contributed by atoms with Crippen LogP contribution in [0.4, 0.5) is 0 Å². The normalized spacial score (nSPS) is 13.8. The maximum Gasteiger partial charge on any atom is 0.255 e. The second-order valence-corrected chi connectivity index (χ2v) is 7.52. The molecule has 30 heavy (non-hydrogen) atoms. The van der Waals surface area contributed by atoms with E-state index < -0.39 is 0 Å². The molecule has 0 fully saturated rings. The van der Waals surface area contributed by atoms with Gasteiger partial charge >= 0.3 is 0 Å². The van der Waals surface area contributed by atoms with Crippen molar-refractivity contribution in [3.8, 4) is 11.1 Å². The van der Waals surface area contributed by atoms with Crippen LogP contribution >= 0.6 is 0 Å². The molecule has 5 aromatic rings. The molecular weight excluding hydrogens is 380 g/mol. The van der Waals surface area contributed by atoms with Gasteiger partial charge in [0.05, 0.1) is 17.8 Å². The maximum absolute atomic E-state index is 13.2. The Labute approximate surface area is 171 Å². The summed E-state index contributed by atoms with van der Waals surface area (Å²) in [6.07, 6.45) is 9.02. The molecule has 1 aliphatic heterocycles. The number of fused-ring (bicyclic) bond motifs is 3. The van der Waals surface area contributed by atoms with Crippen LogP contribution in [-0.4, -0.2) is 51.5 Å². The predicted molar refractivity (Wildman–Crippen MR) is 110 cm³/mol. The van der Waals surface area contributed by atoms with E-state index in [0.717, 1.165) is 45.9 Å². The summed E-state index contributed by atoms with van der Waals surface area (Å²) in [5, 5.41) is 5.11. The summed E-state index contributed by atoms with van der Waals surface area (Å²) in [6.45, 7) is 3.89. The Hall–Kier alpha value is -4.01. The van der Waals surface area contributed by atoms with E-state index in [-0.39, 0.29) is 5.91 Å². The first-order chi connectivity index (χ1) is 14.7. The summed E-state index contributed by atoms with van der Waals surface area (Å²) in [7, 11) is 0. The van der Waals surface area contributed by atoms with Crippen molar-refractivity contribution in [2.75, 3.05) is 6.54 Å². The van der Waals surface area contributed by atoms with Crippen LogP contribution in [0.2, 0.25) is 0 Å². The molecule has 0 atom stereocenters. The van der Waals surface area contributed by atoms with Gasteiger partial charge < -0.3 is 14.5 Å². The van der Waals surface area contributed by atoms with E-state index >= 15 is 0 Å². The molecule has 6 heterocycles. The van der Waals surface area contributed by atoms with Crippen LogP contribution in [0.5, 0.6) is 0 Å². The number of carbonyl (C=O) groups is 1. The highest BCUT2D eigenvalue weighted by molar-refractivity contribution is 6.01. The van der Waals surface area contributed by atoms with Gasteiger partial charge in [0, 0.05) is 54.4 Å². The van der Waals surface area contributed by atoms with Gasteiger partial charge in [0.25, 0.3) is 5.91 Å². The Kier molecular flexibility index (Phi) is 3.52. The summed E-state index contributed by atoms with van der Waals surface area (Å²) in [5.74, 6) is 0.889. The Bertz CT molecular complexity index is 1430. The van der Waals surface area contributed by atoms with Crippen LogP contribution in [0.15, 0.2) is 49.3 Å². The molecule has 0 aromatic carbocycles. The Morgan fingerprint density at radius 1 is 1.17 bits per heavy atom. The van der Waals surface area contributed by atoms with Crippen molar-refractivity contribution in [1.29, 1.82) is 0 Å². The number of imidazole rings is 1.